The first-order chi connectivity index (χ1) is 10.7. The molecule has 0 atom stereocenters. The minimum atomic E-state index is -0.387. The van der Waals surface area contributed by atoms with Crippen LogP contribution in [0.2, 0.25) is 0 Å². The number of nitrogens with zero attached hydrogens (tertiary/aromatic N) is 2. The van der Waals surface area contributed by atoms with E-state index in [1.165, 1.54) is 17.8 Å². The van der Waals surface area contributed by atoms with Crippen LogP contribution >= 0.6 is 11.8 Å². The molecule has 1 aromatic heterocycles. The molecule has 0 radical (unpaired) electrons. The Bertz CT molecular complexity index is 832. The van der Waals surface area contributed by atoms with E-state index in [1.54, 1.807) is 19.2 Å². The third-order valence-corrected chi connectivity index (χ3v) is 4.11. The molecule has 0 unspecified atom stereocenters. The quantitative estimate of drug-likeness (QED) is 0.440. The maximum atomic E-state index is 10.8. The molecule has 3 rings (SSSR count). The molecule has 0 spiro atoms. The fourth-order valence-electron chi connectivity index (χ4n) is 2.07. The molecule has 2 aromatic carbocycles. The Hall–Kier alpha value is -2.54. The van der Waals surface area contributed by atoms with E-state index >= 15 is 0 Å². The van der Waals surface area contributed by atoms with Crippen molar-refractivity contribution in [2.75, 3.05) is 7.11 Å². The van der Waals surface area contributed by atoms with E-state index in [-0.39, 0.29) is 10.6 Å². The van der Waals surface area contributed by atoms with E-state index in [0.29, 0.717) is 5.75 Å². The molecule has 22 heavy (non-hydrogen) atoms. The molecule has 3 aromatic rings. The predicted molar refractivity (Wildman–Crippen MR) is 85.3 cm³/mol. The Kier molecular flexibility index (Phi) is 3.97. The first kappa shape index (κ1) is 14.4. The van der Waals surface area contributed by atoms with E-state index in [4.69, 9.17) is 4.74 Å². The summed E-state index contributed by atoms with van der Waals surface area (Å²) in [4.78, 5) is 18.1. The molecule has 6 nitrogen and oxygen atoms in total. The smallest absolute Gasteiger partial charge is 0.269 e. The summed E-state index contributed by atoms with van der Waals surface area (Å²) >= 11 is 1.50. The molecular weight excluding hydrogens is 302 g/mol. The van der Waals surface area contributed by atoms with Gasteiger partial charge in [0.05, 0.1) is 23.1 Å². The monoisotopic (exact) mass is 315 g/mol. The van der Waals surface area contributed by atoms with Gasteiger partial charge in [-0.25, -0.2) is 4.98 Å². The Morgan fingerprint density at radius 2 is 2.18 bits per heavy atom. The zero-order valence-electron chi connectivity index (χ0n) is 11.8. The number of thioether (sulfide) groups is 1. The lowest BCUT2D eigenvalue weighted by atomic mass is 10.2. The van der Waals surface area contributed by atoms with E-state index in [9.17, 15) is 10.1 Å². The van der Waals surface area contributed by atoms with Gasteiger partial charge in [-0.15, -0.1) is 0 Å². The molecule has 0 bridgehead atoms. The molecule has 0 aliphatic rings. The Morgan fingerprint density at radius 3 is 2.95 bits per heavy atom. The van der Waals surface area contributed by atoms with Crippen LogP contribution in [0.15, 0.2) is 47.6 Å². The van der Waals surface area contributed by atoms with Crippen molar-refractivity contribution in [1.82, 2.24) is 9.97 Å². The topological polar surface area (TPSA) is 81.1 Å². The largest absolute Gasteiger partial charge is 0.497 e. The summed E-state index contributed by atoms with van der Waals surface area (Å²) in [5, 5.41) is 11.5. The third kappa shape index (κ3) is 3.04. The highest BCUT2D eigenvalue weighted by atomic mass is 32.2. The zero-order chi connectivity index (χ0) is 15.5. The lowest BCUT2D eigenvalue weighted by Crippen LogP contribution is -1.89. The van der Waals surface area contributed by atoms with Crippen molar-refractivity contribution >= 4 is 28.5 Å². The Balaban J connectivity index is 1.76. The number of H-pyrrole nitrogens is 1. The number of fused-ring (bicyclic) bond motifs is 1. The Morgan fingerprint density at radius 1 is 1.32 bits per heavy atom. The molecule has 1 N–H and O–H groups in total. The molecule has 7 heteroatoms. The third-order valence-electron chi connectivity index (χ3n) is 3.16. The second-order valence-corrected chi connectivity index (χ2v) is 5.60. The highest BCUT2D eigenvalue weighted by molar-refractivity contribution is 7.98. The van der Waals surface area contributed by atoms with E-state index < -0.39 is 0 Å². The summed E-state index contributed by atoms with van der Waals surface area (Å²) in [5.74, 6) is 1.38. The molecular formula is C15H13N3O3S. The fraction of sp³-hybridized carbons (Fsp3) is 0.133. The number of benzene rings is 2. The summed E-state index contributed by atoms with van der Waals surface area (Å²) in [7, 11) is 1.62. The van der Waals surface area contributed by atoms with Crippen molar-refractivity contribution in [3.05, 3.63) is 58.1 Å². The van der Waals surface area contributed by atoms with Gasteiger partial charge in [-0.2, -0.15) is 0 Å². The first-order valence-electron chi connectivity index (χ1n) is 6.55. The number of nitro groups is 1. The van der Waals surface area contributed by atoms with Gasteiger partial charge in [-0.3, -0.25) is 10.1 Å². The number of methoxy groups -OCH3 is 1. The minimum absolute atomic E-state index is 0.104. The lowest BCUT2D eigenvalue weighted by Gasteiger charge is -1.99. The number of hydrogen-bond acceptors (Lipinski definition) is 5. The van der Waals surface area contributed by atoms with Crippen molar-refractivity contribution < 1.29 is 9.66 Å². The first-order valence-corrected chi connectivity index (χ1v) is 7.54. The maximum Gasteiger partial charge on any atom is 0.269 e. The van der Waals surface area contributed by atoms with Crippen molar-refractivity contribution in [1.29, 1.82) is 0 Å². The van der Waals surface area contributed by atoms with Gasteiger partial charge in [0, 0.05) is 24.0 Å². The van der Waals surface area contributed by atoms with Crippen LogP contribution in [0.25, 0.3) is 11.0 Å². The minimum Gasteiger partial charge on any atom is -0.497 e. The Labute approximate surface area is 130 Å². The lowest BCUT2D eigenvalue weighted by molar-refractivity contribution is -0.384. The fourth-order valence-corrected chi connectivity index (χ4v) is 2.90. The summed E-state index contributed by atoms with van der Waals surface area (Å²) in [5.41, 5.74) is 2.76. The number of aromatic amines is 1. The van der Waals surface area contributed by atoms with Gasteiger partial charge in [-0.05, 0) is 17.7 Å². The van der Waals surface area contributed by atoms with E-state index in [2.05, 4.69) is 9.97 Å². The summed E-state index contributed by atoms with van der Waals surface area (Å²) < 4.78 is 5.18. The average Bonchev–Trinajstić information content (AvgIpc) is 2.95. The van der Waals surface area contributed by atoms with E-state index in [1.807, 2.05) is 24.3 Å². The van der Waals surface area contributed by atoms with Gasteiger partial charge in [0.2, 0.25) is 0 Å². The standard InChI is InChI=1S/C15H13N3O3S/c1-21-12-5-6-13-14(8-12)17-15(16-13)22-9-10-3-2-4-11(7-10)18(19)20/h2-8H,9H2,1H3,(H,16,17). The molecule has 1 heterocycles. The summed E-state index contributed by atoms with van der Waals surface area (Å²) in [6.45, 7) is 0. The molecule has 0 aliphatic heterocycles. The number of non-ortho nitro benzene ring substituents is 1. The second-order valence-electron chi connectivity index (χ2n) is 4.64. The number of nitro benzene ring substituents is 1. The van der Waals surface area contributed by atoms with Gasteiger partial charge in [0.25, 0.3) is 5.69 Å². The number of hydrogen-bond donors (Lipinski definition) is 1. The second kappa shape index (κ2) is 6.07. The van der Waals surface area contributed by atoms with Gasteiger partial charge in [0.15, 0.2) is 5.16 Å². The predicted octanol–water partition coefficient (Wildman–Crippen LogP) is 3.77. The van der Waals surface area contributed by atoms with Crippen LogP contribution in [-0.4, -0.2) is 22.0 Å². The van der Waals surface area contributed by atoms with Gasteiger partial charge in [-0.1, -0.05) is 23.9 Å². The van der Waals surface area contributed by atoms with Crippen LogP contribution in [0.4, 0.5) is 5.69 Å². The van der Waals surface area contributed by atoms with Crippen molar-refractivity contribution in [2.45, 2.75) is 10.9 Å². The van der Waals surface area contributed by atoms with Crippen LogP contribution in [0.1, 0.15) is 5.56 Å². The van der Waals surface area contributed by atoms with Gasteiger partial charge >= 0.3 is 0 Å². The van der Waals surface area contributed by atoms with Crippen LogP contribution in [-0.2, 0) is 5.75 Å². The normalized spacial score (nSPS) is 10.8. The highest BCUT2D eigenvalue weighted by Crippen LogP contribution is 2.26. The molecule has 0 amide bonds. The van der Waals surface area contributed by atoms with Gasteiger partial charge < -0.3 is 9.72 Å². The molecule has 0 fully saturated rings. The van der Waals surface area contributed by atoms with Crippen LogP contribution in [0.5, 0.6) is 5.75 Å². The molecule has 0 saturated carbocycles. The van der Waals surface area contributed by atoms with Gasteiger partial charge in [0.1, 0.15) is 5.75 Å². The zero-order valence-corrected chi connectivity index (χ0v) is 12.6. The number of nitrogens with one attached hydrogen (secondary N) is 1. The average molecular weight is 315 g/mol. The number of imidazole rings is 1. The molecule has 112 valence electrons. The SMILES string of the molecule is COc1ccc2nc(SCc3cccc([N+](=O)[O-])c3)[nH]c2c1. The van der Waals surface area contributed by atoms with Crippen LogP contribution in [0.3, 0.4) is 0 Å². The highest BCUT2D eigenvalue weighted by Gasteiger charge is 2.08. The van der Waals surface area contributed by atoms with Crippen molar-refractivity contribution in [2.24, 2.45) is 0 Å². The maximum absolute atomic E-state index is 10.8. The number of aromatic nitrogens is 2. The van der Waals surface area contributed by atoms with E-state index in [0.717, 1.165) is 27.5 Å². The molecule has 0 aliphatic carbocycles. The van der Waals surface area contributed by atoms with Crippen LogP contribution < -0.4 is 4.74 Å². The number of rotatable bonds is 5. The van der Waals surface area contributed by atoms with Crippen molar-refractivity contribution in [3.63, 3.8) is 0 Å². The number of ether oxygens (including phenoxy) is 1. The molecule has 0 saturated heterocycles. The van der Waals surface area contributed by atoms with Crippen LogP contribution in [0, 0.1) is 10.1 Å². The summed E-state index contributed by atoms with van der Waals surface area (Å²) in [6, 6.07) is 12.3. The van der Waals surface area contributed by atoms with Crippen molar-refractivity contribution in [3.8, 4) is 5.75 Å². The summed E-state index contributed by atoms with van der Waals surface area (Å²) in [6.07, 6.45) is 0.